The van der Waals surface area contributed by atoms with Crippen molar-refractivity contribution in [1.82, 2.24) is 0 Å². The number of fused-ring (bicyclic) bond motifs is 1. The molecule has 0 bridgehead atoms. The van der Waals surface area contributed by atoms with Crippen molar-refractivity contribution in [3.05, 3.63) is 59.7 Å². The van der Waals surface area contributed by atoms with Crippen LogP contribution >= 0.6 is 0 Å². The molecular weight excluding hydrogens is 316 g/mol. The molecule has 0 fully saturated rings. The Hall–Kier alpha value is -2.82. The maximum atomic E-state index is 12.6. The number of para-hydroxylation sites is 1. The Kier molecular flexibility index (Phi) is 5.33. The lowest BCUT2D eigenvalue weighted by Crippen LogP contribution is -2.36. The molecule has 2 aromatic carbocycles. The van der Waals surface area contributed by atoms with E-state index >= 15 is 0 Å². The van der Waals surface area contributed by atoms with Crippen LogP contribution in [0.3, 0.4) is 0 Å². The number of methoxy groups -OCH3 is 1. The van der Waals surface area contributed by atoms with E-state index in [9.17, 15) is 9.59 Å². The number of benzene rings is 2. The summed E-state index contributed by atoms with van der Waals surface area (Å²) >= 11 is 0. The number of nitrogens with one attached hydrogen (secondary N) is 1. The van der Waals surface area contributed by atoms with E-state index in [1.807, 2.05) is 29.2 Å². The quantitative estimate of drug-likeness (QED) is 0.850. The van der Waals surface area contributed by atoms with Crippen LogP contribution in [0.2, 0.25) is 0 Å². The first-order chi connectivity index (χ1) is 12.2. The predicted octanol–water partition coefficient (Wildman–Crippen LogP) is 3.25. The van der Waals surface area contributed by atoms with E-state index in [2.05, 4.69) is 11.4 Å². The summed E-state index contributed by atoms with van der Waals surface area (Å²) in [6, 6.07) is 15.2. The first kappa shape index (κ1) is 17.0. The highest BCUT2D eigenvalue weighted by molar-refractivity contribution is 5.95. The number of carbonyl (C=O) groups excluding carboxylic acids is 2. The van der Waals surface area contributed by atoms with Gasteiger partial charge in [-0.05, 0) is 42.7 Å². The Bertz CT molecular complexity index is 773. The SMILES string of the molecule is COC(=O)c1cccc(NCCC(=O)N2CCCc3ccccc32)c1. The lowest BCUT2D eigenvalue weighted by molar-refractivity contribution is -0.118. The lowest BCUT2D eigenvalue weighted by Gasteiger charge is -2.29. The molecule has 0 saturated carbocycles. The van der Waals surface area contributed by atoms with Crippen molar-refractivity contribution in [3.63, 3.8) is 0 Å². The van der Waals surface area contributed by atoms with Crippen molar-refractivity contribution in [1.29, 1.82) is 0 Å². The monoisotopic (exact) mass is 338 g/mol. The minimum Gasteiger partial charge on any atom is -0.465 e. The van der Waals surface area contributed by atoms with E-state index in [1.54, 1.807) is 18.2 Å². The summed E-state index contributed by atoms with van der Waals surface area (Å²) in [5.41, 5.74) is 3.56. The number of esters is 1. The van der Waals surface area contributed by atoms with Crippen molar-refractivity contribution in [2.75, 3.05) is 30.4 Å². The first-order valence-corrected chi connectivity index (χ1v) is 8.49. The van der Waals surface area contributed by atoms with Crippen molar-refractivity contribution in [2.45, 2.75) is 19.3 Å². The van der Waals surface area contributed by atoms with Crippen LogP contribution in [0.25, 0.3) is 0 Å². The molecule has 0 aromatic heterocycles. The third-order valence-electron chi connectivity index (χ3n) is 4.36. The molecule has 0 spiro atoms. The van der Waals surface area contributed by atoms with Crippen LogP contribution in [0.5, 0.6) is 0 Å². The molecule has 1 amide bonds. The number of anilines is 2. The number of nitrogens with zero attached hydrogens (tertiary/aromatic N) is 1. The second kappa shape index (κ2) is 7.83. The predicted molar refractivity (Wildman–Crippen MR) is 98.0 cm³/mol. The third-order valence-corrected chi connectivity index (χ3v) is 4.36. The van der Waals surface area contributed by atoms with Crippen molar-refractivity contribution >= 4 is 23.3 Å². The molecule has 5 nitrogen and oxygen atoms in total. The van der Waals surface area contributed by atoms with Gasteiger partial charge in [-0.3, -0.25) is 4.79 Å². The van der Waals surface area contributed by atoms with Crippen molar-refractivity contribution < 1.29 is 14.3 Å². The number of amides is 1. The first-order valence-electron chi connectivity index (χ1n) is 8.49. The third kappa shape index (κ3) is 3.99. The molecule has 1 aliphatic heterocycles. The van der Waals surface area contributed by atoms with Gasteiger partial charge in [-0.1, -0.05) is 24.3 Å². The molecule has 0 saturated heterocycles. The average Bonchev–Trinajstić information content (AvgIpc) is 2.67. The van der Waals surface area contributed by atoms with Crippen molar-refractivity contribution in [3.8, 4) is 0 Å². The Morgan fingerprint density at radius 1 is 1.16 bits per heavy atom. The van der Waals surface area contributed by atoms with E-state index < -0.39 is 0 Å². The van der Waals surface area contributed by atoms with E-state index in [4.69, 9.17) is 4.74 Å². The summed E-state index contributed by atoms with van der Waals surface area (Å²) in [6.45, 7) is 1.29. The Morgan fingerprint density at radius 3 is 2.84 bits per heavy atom. The van der Waals surface area contributed by atoms with Gasteiger partial charge < -0.3 is 15.0 Å². The average molecular weight is 338 g/mol. The molecule has 0 atom stereocenters. The molecule has 1 aliphatic rings. The van der Waals surface area contributed by atoms with Crippen LogP contribution in [0, 0.1) is 0 Å². The normalized spacial score (nSPS) is 13.1. The topological polar surface area (TPSA) is 58.6 Å². The number of ether oxygens (including phenoxy) is 1. The van der Waals surface area contributed by atoms with Crippen LogP contribution in [-0.4, -0.2) is 32.1 Å². The maximum absolute atomic E-state index is 12.6. The second-order valence-electron chi connectivity index (χ2n) is 6.03. The van der Waals surface area contributed by atoms with Gasteiger partial charge in [0.25, 0.3) is 0 Å². The molecule has 1 heterocycles. The molecule has 5 heteroatoms. The van der Waals surface area contributed by atoms with Crippen LogP contribution < -0.4 is 10.2 Å². The fraction of sp³-hybridized carbons (Fsp3) is 0.300. The maximum Gasteiger partial charge on any atom is 0.337 e. The van der Waals surface area contributed by atoms with Gasteiger partial charge in [-0.25, -0.2) is 4.79 Å². The van der Waals surface area contributed by atoms with Gasteiger partial charge in [0.15, 0.2) is 0 Å². The lowest BCUT2D eigenvalue weighted by atomic mass is 10.0. The zero-order valence-electron chi connectivity index (χ0n) is 14.3. The van der Waals surface area contributed by atoms with Gasteiger partial charge in [-0.2, -0.15) is 0 Å². The van der Waals surface area contributed by atoms with Crippen LogP contribution in [0.1, 0.15) is 28.8 Å². The zero-order chi connectivity index (χ0) is 17.6. The number of rotatable bonds is 5. The highest BCUT2D eigenvalue weighted by Gasteiger charge is 2.21. The van der Waals surface area contributed by atoms with Crippen LogP contribution in [0.4, 0.5) is 11.4 Å². The number of hydrogen-bond acceptors (Lipinski definition) is 4. The second-order valence-corrected chi connectivity index (χ2v) is 6.03. The molecule has 1 N–H and O–H groups in total. The van der Waals surface area contributed by atoms with Gasteiger partial charge in [0.1, 0.15) is 0 Å². The summed E-state index contributed by atoms with van der Waals surface area (Å²) in [4.78, 5) is 26.0. The smallest absolute Gasteiger partial charge is 0.337 e. The zero-order valence-corrected chi connectivity index (χ0v) is 14.3. The fourth-order valence-corrected chi connectivity index (χ4v) is 3.12. The van der Waals surface area contributed by atoms with Gasteiger partial charge in [0.2, 0.25) is 5.91 Å². The molecule has 25 heavy (non-hydrogen) atoms. The van der Waals surface area contributed by atoms with Gasteiger partial charge >= 0.3 is 5.97 Å². The number of hydrogen-bond donors (Lipinski definition) is 1. The summed E-state index contributed by atoms with van der Waals surface area (Å²) in [5, 5.41) is 3.20. The standard InChI is InChI=1S/C20H22N2O3/c1-25-20(24)16-7-4-9-17(14-16)21-12-11-19(23)22-13-5-8-15-6-2-3-10-18(15)22/h2-4,6-7,9-10,14,21H,5,8,11-13H2,1H3. The summed E-state index contributed by atoms with van der Waals surface area (Å²) in [7, 11) is 1.36. The van der Waals surface area contributed by atoms with Gasteiger partial charge in [0.05, 0.1) is 12.7 Å². The van der Waals surface area contributed by atoms with Crippen molar-refractivity contribution in [2.24, 2.45) is 0 Å². The molecule has 2 aromatic rings. The van der Waals surface area contributed by atoms with Gasteiger partial charge in [0, 0.05) is 30.9 Å². The fourth-order valence-electron chi connectivity index (χ4n) is 3.12. The minimum absolute atomic E-state index is 0.115. The number of aryl methyl sites for hydroxylation is 1. The van der Waals surface area contributed by atoms with E-state index in [1.165, 1.54) is 12.7 Å². The highest BCUT2D eigenvalue weighted by atomic mass is 16.5. The summed E-state index contributed by atoms with van der Waals surface area (Å²) in [5.74, 6) is -0.256. The highest BCUT2D eigenvalue weighted by Crippen LogP contribution is 2.27. The van der Waals surface area contributed by atoms with Gasteiger partial charge in [-0.15, -0.1) is 0 Å². The minimum atomic E-state index is -0.371. The van der Waals surface area contributed by atoms with E-state index in [0.29, 0.717) is 18.5 Å². The molecule has 130 valence electrons. The van der Waals surface area contributed by atoms with E-state index in [-0.39, 0.29) is 11.9 Å². The molecule has 0 aliphatic carbocycles. The molecule has 0 unspecified atom stereocenters. The number of carbonyl (C=O) groups is 2. The Balaban J connectivity index is 1.58. The largest absolute Gasteiger partial charge is 0.465 e. The molecule has 0 radical (unpaired) electrons. The summed E-state index contributed by atoms with van der Waals surface area (Å²) < 4.78 is 4.72. The van der Waals surface area contributed by atoms with Crippen LogP contribution in [-0.2, 0) is 16.0 Å². The summed E-state index contributed by atoms with van der Waals surface area (Å²) in [6.07, 6.45) is 2.42. The Labute approximate surface area is 147 Å². The molecule has 3 rings (SSSR count). The molecular formula is C20H22N2O3. The Morgan fingerprint density at radius 2 is 2.00 bits per heavy atom. The van der Waals surface area contributed by atoms with E-state index in [0.717, 1.165) is 30.8 Å². The van der Waals surface area contributed by atoms with Crippen LogP contribution in [0.15, 0.2) is 48.5 Å².